The number of aromatic nitrogens is 2. The Morgan fingerprint density at radius 1 is 1.24 bits per heavy atom. The maximum atomic E-state index is 11.3. The average Bonchev–Trinajstić information content (AvgIpc) is 2.30. The highest BCUT2D eigenvalue weighted by Gasteiger charge is 2.04. The minimum Gasteiger partial charge on any atom is -0.481 e. The van der Waals surface area contributed by atoms with E-state index in [4.69, 9.17) is 16.6 Å². The van der Waals surface area contributed by atoms with Gasteiger partial charge in [0.2, 0.25) is 5.95 Å². The molecule has 0 aliphatic rings. The minimum atomic E-state index is -0.791. The van der Waals surface area contributed by atoms with Crippen molar-refractivity contribution in [1.82, 2.24) is 9.97 Å². The largest absolute Gasteiger partial charge is 0.481 e. The number of nitrogens with zero attached hydrogens (tertiary/aromatic N) is 1. The van der Waals surface area contributed by atoms with Crippen molar-refractivity contribution in [3.05, 3.63) is 10.4 Å². The molecule has 0 unspecified atom stereocenters. The van der Waals surface area contributed by atoms with Crippen LogP contribution in [0.4, 0.5) is 17.5 Å². The van der Waals surface area contributed by atoms with Crippen molar-refractivity contribution in [2.24, 2.45) is 0 Å². The molecular weight excluding hydrogens is 325 g/mol. The summed E-state index contributed by atoms with van der Waals surface area (Å²) in [5, 5.41) is 11.3. The van der Waals surface area contributed by atoms with E-state index in [1.165, 1.54) is 0 Å². The van der Waals surface area contributed by atoms with Gasteiger partial charge in [0.05, 0.1) is 0 Å². The quantitative estimate of drug-likeness (QED) is 0.431. The number of hydrogen-bond acceptors (Lipinski definition) is 6. The molecule has 9 nitrogen and oxygen atoms in total. The normalized spacial score (nSPS) is 8.76. The van der Waals surface area contributed by atoms with Crippen LogP contribution < -0.4 is 22.3 Å². The van der Waals surface area contributed by atoms with Gasteiger partial charge in [0.1, 0.15) is 5.69 Å². The number of carbonyl (C=O) groups is 1. The van der Waals surface area contributed by atoms with E-state index in [9.17, 15) is 9.59 Å². The van der Waals surface area contributed by atoms with Gasteiger partial charge in [-0.2, -0.15) is 4.98 Å². The molecule has 124 valence electrons. The minimum absolute atomic E-state index is 0. The molecule has 11 heteroatoms. The zero-order valence-electron chi connectivity index (χ0n) is 11.2. The molecule has 0 aromatic carbocycles. The maximum Gasteiger partial charge on any atom is 0.303 e. The second-order valence-electron chi connectivity index (χ2n) is 3.84. The molecule has 21 heavy (non-hydrogen) atoms. The topological polar surface area (TPSA) is 179 Å². The number of H-pyrrole nitrogens is 1. The van der Waals surface area contributed by atoms with Crippen molar-refractivity contribution in [3.8, 4) is 0 Å². The number of rotatable bonds is 7. The van der Waals surface area contributed by atoms with Crippen LogP contribution in [0, 0.1) is 0 Å². The highest BCUT2D eigenvalue weighted by Crippen LogP contribution is 2.07. The van der Waals surface area contributed by atoms with E-state index in [2.05, 4.69) is 15.3 Å². The van der Waals surface area contributed by atoms with E-state index < -0.39 is 11.5 Å². The Hall–Kier alpha value is -1.71. The van der Waals surface area contributed by atoms with Crippen LogP contribution >= 0.6 is 24.8 Å². The smallest absolute Gasteiger partial charge is 0.303 e. The van der Waals surface area contributed by atoms with Crippen molar-refractivity contribution in [3.63, 3.8) is 0 Å². The first kappa shape index (κ1) is 24.3. The average molecular weight is 346 g/mol. The van der Waals surface area contributed by atoms with E-state index in [0.29, 0.717) is 13.0 Å². The Labute approximate surface area is 133 Å². The first-order chi connectivity index (χ1) is 8.50. The van der Waals surface area contributed by atoms with Crippen LogP contribution in [-0.2, 0) is 4.79 Å². The van der Waals surface area contributed by atoms with E-state index in [0.717, 1.165) is 12.8 Å². The lowest BCUT2D eigenvalue weighted by Gasteiger charge is -2.06. The number of carboxylic acids is 1. The van der Waals surface area contributed by atoms with Gasteiger partial charge in [-0.15, -0.1) is 24.8 Å². The van der Waals surface area contributed by atoms with Crippen molar-refractivity contribution in [2.75, 3.05) is 23.3 Å². The van der Waals surface area contributed by atoms with Crippen LogP contribution in [0.2, 0.25) is 0 Å². The molecule has 0 saturated heterocycles. The maximum absolute atomic E-state index is 11.3. The highest BCUT2D eigenvalue weighted by molar-refractivity contribution is 5.85. The Morgan fingerprint density at radius 3 is 2.38 bits per heavy atom. The lowest BCUT2D eigenvalue weighted by Crippen LogP contribution is -2.19. The van der Waals surface area contributed by atoms with Crippen LogP contribution in [0.5, 0.6) is 0 Å². The van der Waals surface area contributed by atoms with Gasteiger partial charge in [0.15, 0.2) is 5.82 Å². The number of aromatic amines is 1. The Morgan fingerprint density at radius 2 is 1.86 bits per heavy atom. The number of nitrogens with two attached hydrogens (primary N) is 2. The van der Waals surface area contributed by atoms with Crippen molar-refractivity contribution >= 4 is 48.2 Å². The summed E-state index contributed by atoms with van der Waals surface area (Å²) in [6.07, 6.45) is 2.37. The Balaban J connectivity index is -0.00000108. The molecule has 0 radical (unpaired) electrons. The summed E-state index contributed by atoms with van der Waals surface area (Å²) in [6.45, 7) is 0.575. The van der Waals surface area contributed by atoms with Gasteiger partial charge >= 0.3 is 5.97 Å². The number of nitrogens with one attached hydrogen (secondary N) is 2. The van der Waals surface area contributed by atoms with E-state index in [1.54, 1.807) is 0 Å². The fraction of sp³-hybridized carbons (Fsp3) is 0.500. The molecule has 0 spiro atoms. The van der Waals surface area contributed by atoms with Crippen LogP contribution in [0.15, 0.2) is 4.79 Å². The van der Waals surface area contributed by atoms with Gasteiger partial charge in [0.25, 0.3) is 5.56 Å². The number of aliphatic carboxylic acids is 1. The first-order valence-corrected chi connectivity index (χ1v) is 5.61. The van der Waals surface area contributed by atoms with Crippen LogP contribution in [0.3, 0.4) is 0 Å². The number of hydrogen-bond donors (Lipinski definition) is 5. The van der Waals surface area contributed by atoms with Gasteiger partial charge in [-0.3, -0.25) is 14.6 Å². The van der Waals surface area contributed by atoms with Gasteiger partial charge in [-0.1, -0.05) is 6.42 Å². The van der Waals surface area contributed by atoms with Crippen LogP contribution in [0.1, 0.15) is 25.7 Å². The third kappa shape index (κ3) is 8.95. The zero-order valence-corrected chi connectivity index (χ0v) is 12.9. The molecule has 0 aliphatic heterocycles. The molecule has 1 aromatic rings. The van der Waals surface area contributed by atoms with E-state index >= 15 is 0 Å². The standard InChI is InChI=1S/C10H17N5O3.2ClH.H2O/c11-7-8(12)14-10(15-9(7)18)13-5-3-1-2-4-6(16)17;;;/h1-5,11H2,(H,16,17)(H4,12,13,14,15,18);2*1H;1H2. The second-order valence-corrected chi connectivity index (χ2v) is 3.84. The van der Waals surface area contributed by atoms with Gasteiger partial charge in [0, 0.05) is 13.0 Å². The number of unbranched alkanes of at least 4 members (excludes halogenated alkanes) is 2. The summed E-state index contributed by atoms with van der Waals surface area (Å²) in [7, 11) is 0. The predicted octanol–water partition coefficient (Wildman–Crippen LogP) is 0.0101. The van der Waals surface area contributed by atoms with Crippen molar-refractivity contribution in [2.45, 2.75) is 25.7 Å². The molecule has 1 rings (SSSR count). The molecule has 0 atom stereocenters. The summed E-state index contributed by atoms with van der Waals surface area (Å²) >= 11 is 0. The lowest BCUT2D eigenvalue weighted by atomic mass is 10.2. The molecule has 0 aliphatic carbocycles. The summed E-state index contributed by atoms with van der Waals surface area (Å²) in [4.78, 5) is 27.9. The van der Waals surface area contributed by atoms with Crippen LogP contribution in [-0.4, -0.2) is 33.1 Å². The molecule has 9 N–H and O–H groups in total. The predicted molar refractivity (Wildman–Crippen MR) is 86.4 cm³/mol. The SMILES string of the molecule is Cl.Cl.Nc1nc(NCCCCCC(=O)O)[nH]c(=O)c1N.O. The molecule has 0 saturated carbocycles. The number of carboxylic acid groups (broad SMARTS) is 1. The second kappa shape index (κ2) is 12.1. The van der Waals surface area contributed by atoms with Gasteiger partial charge in [-0.05, 0) is 12.8 Å². The summed E-state index contributed by atoms with van der Waals surface area (Å²) in [5.41, 5.74) is 10.2. The Kier molecular flexibility index (Phi) is 14.0. The monoisotopic (exact) mass is 345 g/mol. The van der Waals surface area contributed by atoms with Gasteiger partial charge in [-0.25, -0.2) is 0 Å². The molecule has 0 fully saturated rings. The summed E-state index contributed by atoms with van der Waals surface area (Å²) in [6, 6.07) is 0. The van der Waals surface area contributed by atoms with Crippen molar-refractivity contribution < 1.29 is 15.4 Å². The fourth-order valence-corrected chi connectivity index (χ4v) is 1.37. The first-order valence-electron chi connectivity index (χ1n) is 5.61. The summed E-state index contributed by atoms with van der Waals surface area (Å²) in [5.74, 6) is -0.530. The number of anilines is 3. The third-order valence-corrected chi connectivity index (χ3v) is 2.34. The fourth-order valence-electron chi connectivity index (χ4n) is 1.37. The third-order valence-electron chi connectivity index (χ3n) is 2.34. The Bertz CT molecular complexity index is 483. The molecule has 1 aromatic heterocycles. The number of halogens is 2. The zero-order chi connectivity index (χ0) is 13.5. The summed E-state index contributed by atoms with van der Waals surface area (Å²) < 4.78 is 0. The molecule has 0 bridgehead atoms. The lowest BCUT2D eigenvalue weighted by molar-refractivity contribution is -0.137. The van der Waals surface area contributed by atoms with Crippen molar-refractivity contribution in [1.29, 1.82) is 0 Å². The van der Waals surface area contributed by atoms with E-state index in [-0.39, 0.29) is 54.2 Å². The van der Waals surface area contributed by atoms with Crippen LogP contribution in [0.25, 0.3) is 0 Å². The number of nitrogen functional groups attached to an aromatic ring is 2. The molecular formula is C10H21Cl2N5O4. The highest BCUT2D eigenvalue weighted by atomic mass is 35.5. The van der Waals surface area contributed by atoms with E-state index in [1.807, 2.05) is 0 Å². The van der Waals surface area contributed by atoms with Gasteiger partial charge < -0.3 is 27.4 Å². The molecule has 1 heterocycles. The molecule has 0 amide bonds.